The predicted octanol–water partition coefficient (Wildman–Crippen LogP) is 2.27. The fourth-order valence-corrected chi connectivity index (χ4v) is 5.58. The van der Waals surface area contributed by atoms with E-state index >= 15 is 0 Å². The molecule has 1 aromatic heterocycles. The Morgan fingerprint density at radius 2 is 1.06 bits per heavy atom. The summed E-state index contributed by atoms with van der Waals surface area (Å²) in [6, 6.07) is 13.5. The number of unbranched alkanes of at least 4 members (excludes halogenated alkanes) is 1. The van der Waals surface area contributed by atoms with Crippen LogP contribution in [-0.2, 0) is 23.4 Å². The van der Waals surface area contributed by atoms with Gasteiger partial charge in [0, 0.05) is 31.0 Å². The van der Waals surface area contributed by atoms with E-state index < -0.39 is 109 Å². The molecule has 0 bridgehead atoms. The summed E-state index contributed by atoms with van der Waals surface area (Å²) in [5.41, 5.74) is -2.58. The Hall–Kier alpha value is -8.40. The molecule has 0 saturated carbocycles. The number of carboxylic acid groups (broad SMARTS) is 9. The van der Waals surface area contributed by atoms with Crippen molar-refractivity contribution in [3.8, 4) is 0 Å². The van der Waals surface area contributed by atoms with Gasteiger partial charge in [0.2, 0.25) is 0 Å². The van der Waals surface area contributed by atoms with Crippen LogP contribution in [0, 0.1) is 6.92 Å². The van der Waals surface area contributed by atoms with E-state index in [9.17, 15) is 62.4 Å². The normalized spacial score (nSPS) is 14.4. The second-order valence-corrected chi connectivity index (χ2v) is 15.0. The van der Waals surface area contributed by atoms with Crippen LogP contribution in [-0.4, -0.2) is 143 Å². The molecular weight excluding hydrogens is 967 g/mol. The van der Waals surface area contributed by atoms with Crippen molar-refractivity contribution in [2.75, 3.05) is 6.61 Å². The first-order valence-electron chi connectivity index (χ1n) is 19.2. The zero-order valence-electron chi connectivity index (χ0n) is 35.9. The molecule has 13 N–H and O–H groups in total. The maximum absolute atomic E-state index is 11.7. The smallest absolute Gasteiger partial charge is 0.469 e. The highest BCUT2D eigenvalue weighted by molar-refractivity contribution is 7.46. The van der Waals surface area contributed by atoms with Crippen LogP contribution in [0.15, 0.2) is 82.5 Å². The first-order valence-corrected chi connectivity index (χ1v) is 20.8. The number of aryl methyl sites for hydroxylation is 1. The number of hydrogen-bond donors (Lipinski definition) is 13. The molecule has 0 aliphatic carbocycles. The Kier molecular flexibility index (Phi) is 23.9. The lowest BCUT2D eigenvalue weighted by Crippen LogP contribution is -2.33. The Bertz CT molecular complexity index is 2660. The minimum Gasteiger partial charge on any atom is -0.481 e. The number of rotatable bonds is 16. The number of H-pyrrole nitrogens is 1. The minimum absolute atomic E-state index is 0.0186. The van der Waals surface area contributed by atoms with Gasteiger partial charge >= 0.3 is 67.2 Å². The number of hydrogen-bond acceptors (Lipinski definition) is 15. The average molecular weight is 1010 g/mol. The highest BCUT2D eigenvalue weighted by Gasteiger charge is 2.37. The zero-order chi connectivity index (χ0) is 53.6. The third kappa shape index (κ3) is 21.1. The maximum Gasteiger partial charge on any atom is 0.469 e. The number of aliphatic hydroxyl groups is 1. The maximum atomic E-state index is 11.7. The molecule has 5 rings (SSSR count). The van der Waals surface area contributed by atoms with Gasteiger partial charge in [-0.05, 0) is 68.3 Å². The van der Waals surface area contributed by atoms with E-state index in [0.717, 1.165) is 28.8 Å². The number of aromatic amines is 1. The van der Waals surface area contributed by atoms with Crippen LogP contribution in [0.3, 0.4) is 0 Å². The Labute approximate surface area is 390 Å². The monoisotopic (exact) mass is 1010 g/mol. The average Bonchev–Trinajstić information content (AvgIpc) is 3.65. The van der Waals surface area contributed by atoms with Crippen molar-refractivity contribution in [1.29, 1.82) is 0 Å². The zero-order valence-corrected chi connectivity index (χ0v) is 36.8. The largest absolute Gasteiger partial charge is 0.481 e. The number of aliphatic carboxylic acids is 2. The summed E-state index contributed by atoms with van der Waals surface area (Å²) in [6.07, 6.45) is -0.550. The molecule has 3 atom stereocenters. The summed E-state index contributed by atoms with van der Waals surface area (Å²) in [5, 5.41) is 86.0. The molecule has 378 valence electrons. The summed E-state index contributed by atoms with van der Waals surface area (Å²) in [5.74, 6) is -10.7. The van der Waals surface area contributed by atoms with E-state index in [1.165, 1.54) is 55.6 Å². The van der Waals surface area contributed by atoms with E-state index in [4.69, 9.17) is 60.5 Å². The molecule has 2 heterocycles. The van der Waals surface area contributed by atoms with E-state index in [1.54, 1.807) is 0 Å². The van der Waals surface area contributed by atoms with Gasteiger partial charge in [-0.15, -0.1) is 0 Å². The Morgan fingerprint density at radius 1 is 0.629 bits per heavy atom. The van der Waals surface area contributed by atoms with Crippen LogP contribution in [0.1, 0.15) is 116 Å². The van der Waals surface area contributed by atoms with Crippen molar-refractivity contribution in [1.82, 2.24) is 9.55 Å². The quantitative estimate of drug-likeness (QED) is 0.0565. The number of ether oxygens (including phenoxy) is 1. The molecule has 1 aliphatic heterocycles. The van der Waals surface area contributed by atoms with Crippen LogP contribution in [0.2, 0.25) is 0 Å². The van der Waals surface area contributed by atoms with Crippen molar-refractivity contribution in [2.45, 2.75) is 57.5 Å². The van der Waals surface area contributed by atoms with Gasteiger partial charge in [-0.25, -0.2) is 42.9 Å². The number of carboxylic acids is 9. The molecule has 1 fully saturated rings. The summed E-state index contributed by atoms with van der Waals surface area (Å²) < 4.78 is 21.4. The SMILES string of the molecule is Cc1cn([C@H]2C[C@H](O)[C@@H](COP(=O)(O)O)O2)c(=O)[nH]c1=O.O=C(O)CCCCC(=O)O.O=C(O)c1ccc(C(=O)O)c(C(=O)O)c1.O=C(O)c1cccc(C(=O)O)c1.O=C(O)c1ccccc1C(=O)O. The number of aromatic nitrogens is 2. The molecule has 70 heavy (non-hydrogen) atoms. The topological polar surface area (TPSA) is 487 Å². The van der Waals surface area contributed by atoms with Gasteiger partial charge in [-0.3, -0.25) is 28.5 Å². The van der Waals surface area contributed by atoms with E-state index in [-0.39, 0.29) is 47.1 Å². The molecule has 1 aliphatic rings. The van der Waals surface area contributed by atoms with Gasteiger partial charge in [0.05, 0.1) is 51.7 Å². The molecule has 4 aromatic rings. The third-order valence-corrected chi connectivity index (χ3v) is 9.06. The number of carbonyl (C=O) groups is 9. The van der Waals surface area contributed by atoms with E-state index in [2.05, 4.69) is 9.51 Å². The van der Waals surface area contributed by atoms with Gasteiger partial charge in [0.15, 0.2) is 0 Å². The van der Waals surface area contributed by atoms with Crippen molar-refractivity contribution < 1.29 is 118 Å². The van der Waals surface area contributed by atoms with Gasteiger partial charge in [0.25, 0.3) is 5.56 Å². The fourth-order valence-electron chi connectivity index (χ4n) is 5.24. The summed E-state index contributed by atoms with van der Waals surface area (Å²) in [6.45, 7) is 0.994. The number of phosphoric acid groups is 1. The highest BCUT2D eigenvalue weighted by atomic mass is 31.2. The first-order chi connectivity index (χ1) is 32.5. The predicted molar refractivity (Wildman–Crippen MR) is 230 cm³/mol. The third-order valence-electron chi connectivity index (χ3n) is 8.57. The van der Waals surface area contributed by atoms with Gasteiger partial charge < -0.3 is 65.6 Å². The number of aromatic carboxylic acids is 7. The fraction of sp³-hybridized carbons (Fsp3) is 0.244. The van der Waals surface area contributed by atoms with Gasteiger partial charge in [0.1, 0.15) is 12.3 Å². The number of nitrogens with one attached hydrogen (secondary N) is 1. The number of aliphatic hydroxyl groups excluding tert-OH is 1. The molecule has 0 unspecified atom stereocenters. The van der Waals surface area contributed by atoms with Crippen molar-refractivity contribution in [3.63, 3.8) is 0 Å². The number of nitrogens with zero attached hydrogens (tertiary/aromatic N) is 1. The molecular formula is C41H43N2O26P. The number of phosphoric ester groups is 1. The van der Waals surface area contributed by atoms with Crippen LogP contribution < -0.4 is 11.2 Å². The number of benzene rings is 3. The van der Waals surface area contributed by atoms with Gasteiger partial charge in [-0.1, -0.05) is 18.2 Å². The Balaban J connectivity index is 0.000000450. The standard InChI is InChI=1S/C10H15N2O8P.C9H6O6.2C8H6O4.C6H10O4/c1-5-3-12(10(15)11-9(5)14)8-2-6(13)7(20-8)4-19-21(16,17)18;10-7(11)4-1-2-5(8(12)13)6(3-4)9(14)15;9-7(10)5-2-1-3-6(4-5)8(11)12;9-7(10)5-3-1-2-4-6(5)8(11)12;7-5(8)3-1-2-4-6(9)10/h3,6-8,13H,2,4H2,1H3,(H,11,14,15)(H2,16,17,18);1-3H,(H,10,11)(H,12,13)(H,14,15);2*1-4H,(H,9,10)(H,11,12);1-4H2,(H,7,8)(H,9,10)/t6-,7+,8+;;;;/m0..../s1. The van der Waals surface area contributed by atoms with E-state index in [1.807, 2.05) is 0 Å². The summed E-state index contributed by atoms with van der Waals surface area (Å²) >= 11 is 0. The lowest BCUT2D eigenvalue weighted by Gasteiger charge is -2.16. The van der Waals surface area contributed by atoms with Crippen LogP contribution >= 0.6 is 7.82 Å². The molecule has 29 heteroatoms. The van der Waals surface area contributed by atoms with Crippen molar-refractivity contribution in [2.24, 2.45) is 0 Å². The molecule has 1 saturated heterocycles. The van der Waals surface area contributed by atoms with Crippen molar-refractivity contribution in [3.05, 3.63) is 138 Å². The Morgan fingerprint density at radius 3 is 1.46 bits per heavy atom. The summed E-state index contributed by atoms with van der Waals surface area (Å²) in [4.78, 5) is 136. The second-order valence-electron chi connectivity index (χ2n) is 13.7. The highest BCUT2D eigenvalue weighted by Crippen LogP contribution is 2.38. The van der Waals surface area contributed by atoms with Gasteiger partial charge in [-0.2, -0.15) is 0 Å². The van der Waals surface area contributed by atoms with E-state index in [0.29, 0.717) is 18.4 Å². The summed E-state index contributed by atoms with van der Waals surface area (Å²) in [7, 11) is -4.67. The molecule has 0 radical (unpaired) electrons. The van der Waals surface area contributed by atoms with Crippen molar-refractivity contribution >= 4 is 61.5 Å². The minimum atomic E-state index is -4.67. The molecule has 0 spiro atoms. The van der Waals surface area contributed by atoms with Crippen LogP contribution in [0.4, 0.5) is 0 Å². The molecule has 28 nitrogen and oxygen atoms in total. The van der Waals surface area contributed by atoms with Crippen LogP contribution in [0.25, 0.3) is 0 Å². The molecule has 0 amide bonds. The lowest BCUT2D eigenvalue weighted by atomic mass is 10.0. The van der Waals surface area contributed by atoms with Crippen LogP contribution in [0.5, 0.6) is 0 Å². The lowest BCUT2D eigenvalue weighted by molar-refractivity contribution is -0.139. The molecule has 3 aromatic carbocycles. The first kappa shape index (κ1) is 59.6. The second kappa shape index (κ2) is 28.1.